The van der Waals surface area contributed by atoms with Crippen molar-refractivity contribution >= 4 is 28.3 Å². The molecule has 19 heavy (non-hydrogen) atoms. The van der Waals surface area contributed by atoms with Crippen LogP contribution in [0.3, 0.4) is 0 Å². The number of nitrogens with one attached hydrogen (secondary N) is 2. The number of halogens is 1. The summed E-state index contributed by atoms with van der Waals surface area (Å²) in [6.07, 6.45) is 1.72. The van der Waals surface area contributed by atoms with E-state index in [0.29, 0.717) is 13.1 Å². The van der Waals surface area contributed by atoms with Crippen LogP contribution in [0.4, 0.5) is 0 Å². The molecule has 1 amide bonds. The Morgan fingerprint density at radius 1 is 1.26 bits per heavy atom. The minimum Gasteiger partial charge on any atom is -0.352 e. The van der Waals surface area contributed by atoms with E-state index in [2.05, 4.69) is 10.6 Å². The number of nitrogens with zero attached hydrogens (tertiary/aromatic N) is 1. The normalized spacial score (nSPS) is 17.0. The monoisotopic (exact) mass is 313 g/mol. The Morgan fingerprint density at radius 2 is 1.79 bits per heavy atom. The Morgan fingerprint density at radius 3 is 2.26 bits per heavy atom. The third-order valence-electron chi connectivity index (χ3n) is 3.12. The van der Waals surface area contributed by atoms with Crippen LogP contribution in [0.25, 0.3) is 0 Å². The highest BCUT2D eigenvalue weighted by molar-refractivity contribution is 7.89. The maximum Gasteiger partial charge on any atom is 0.236 e. The van der Waals surface area contributed by atoms with Crippen LogP contribution in [0, 0.1) is 0 Å². The first-order valence-electron chi connectivity index (χ1n) is 6.47. The number of hydrogen-bond acceptors (Lipinski definition) is 4. The molecular weight excluding hydrogens is 290 g/mol. The zero-order valence-corrected chi connectivity index (χ0v) is 13.1. The van der Waals surface area contributed by atoms with Gasteiger partial charge in [-0.3, -0.25) is 4.79 Å². The molecule has 0 atom stereocenters. The van der Waals surface area contributed by atoms with Gasteiger partial charge in [-0.15, -0.1) is 12.4 Å². The molecule has 0 saturated carbocycles. The first-order chi connectivity index (χ1) is 8.49. The molecule has 0 aromatic heterocycles. The van der Waals surface area contributed by atoms with Crippen molar-refractivity contribution in [1.29, 1.82) is 0 Å². The second kappa shape index (κ2) is 8.73. The van der Waals surface area contributed by atoms with Gasteiger partial charge in [0.05, 0.1) is 0 Å². The fourth-order valence-corrected chi connectivity index (χ4v) is 3.49. The standard InChI is InChI=1S/C11H23N3O3S.ClH/c1-3-14(4-2)18(16,17)9-11(15)13-10-5-7-12-8-6-10;/h10,12H,3-9H2,1-2H3,(H,13,15);1H. The summed E-state index contributed by atoms with van der Waals surface area (Å²) in [7, 11) is -3.47. The summed E-state index contributed by atoms with van der Waals surface area (Å²) in [4.78, 5) is 11.7. The van der Waals surface area contributed by atoms with Gasteiger partial charge < -0.3 is 10.6 Å². The molecule has 0 radical (unpaired) electrons. The van der Waals surface area contributed by atoms with Crippen molar-refractivity contribution in [1.82, 2.24) is 14.9 Å². The van der Waals surface area contributed by atoms with E-state index in [4.69, 9.17) is 0 Å². The highest BCUT2D eigenvalue weighted by Crippen LogP contribution is 2.04. The highest BCUT2D eigenvalue weighted by atomic mass is 35.5. The molecule has 0 aliphatic carbocycles. The molecule has 1 aliphatic rings. The molecular formula is C11H24ClN3O3S. The summed E-state index contributed by atoms with van der Waals surface area (Å²) in [5.41, 5.74) is 0. The van der Waals surface area contributed by atoms with E-state index in [-0.39, 0.29) is 18.4 Å². The van der Waals surface area contributed by atoms with Gasteiger partial charge in [-0.1, -0.05) is 13.8 Å². The number of piperidine rings is 1. The zero-order chi connectivity index (χ0) is 13.6. The fourth-order valence-electron chi connectivity index (χ4n) is 2.11. The molecule has 0 aromatic rings. The first kappa shape index (κ1) is 18.6. The van der Waals surface area contributed by atoms with Gasteiger partial charge in [0, 0.05) is 19.1 Å². The number of hydrogen-bond donors (Lipinski definition) is 2. The lowest BCUT2D eigenvalue weighted by Crippen LogP contribution is -2.46. The molecule has 1 rings (SSSR count). The fraction of sp³-hybridized carbons (Fsp3) is 0.909. The number of amides is 1. The van der Waals surface area contributed by atoms with Crippen LogP contribution in [0.5, 0.6) is 0 Å². The van der Waals surface area contributed by atoms with Gasteiger partial charge in [-0.25, -0.2) is 12.7 Å². The van der Waals surface area contributed by atoms with Crippen molar-refractivity contribution in [3.63, 3.8) is 0 Å². The minimum absolute atomic E-state index is 0. The topological polar surface area (TPSA) is 78.5 Å². The predicted molar refractivity (Wildman–Crippen MR) is 78.0 cm³/mol. The molecule has 0 aromatic carbocycles. The van der Waals surface area contributed by atoms with Crippen LogP contribution in [0.2, 0.25) is 0 Å². The van der Waals surface area contributed by atoms with Crippen molar-refractivity contribution in [2.45, 2.75) is 32.7 Å². The molecule has 2 N–H and O–H groups in total. The Labute approximate surface area is 121 Å². The zero-order valence-electron chi connectivity index (χ0n) is 11.5. The quantitative estimate of drug-likeness (QED) is 0.720. The summed E-state index contributed by atoms with van der Waals surface area (Å²) in [5, 5.41) is 5.99. The van der Waals surface area contributed by atoms with E-state index in [1.165, 1.54) is 4.31 Å². The van der Waals surface area contributed by atoms with Crippen LogP contribution in [0.1, 0.15) is 26.7 Å². The van der Waals surface area contributed by atoms with E-state index in [9.17, 15) is 13.2 Å². The number of sulfonamides is 1. The lowest BCUT2D eigenvalue weighted by atomic mass is 10.1. The van der Waals surface area contributed by atoms with Gasteiger partial charge in [0.2, 0.25) is 15.9 Å². The van der Waals surface area contributed by atoms with Crippen LogP contribution in [0.15, 0.2) is 0 Å². The highest BCUT2D eigenvalue weighted by Gasteiger charge is 2.24. The molecule has 6 nitrogen and oxygen atoms in total. The number of carbonyl (C=O) groups is 1. The lowest BCUT2D eigenvalue weighted by Gasteiger charge is -2.24. The lowest BCUT2D eigenvalue weighted by molar-refractivity contribution is -0.119. The molecule has 1 saturated heterocycles. The predicted octanol–water partition coefficient (Wildman–Crippen LogP) is -0.0520. The largest absolute Gasteiger partial charge is 0.352 e. The first-order valence-corrected chi connectivity index (χ1v) is 8.08. The van der Waals surface area contributed by atoms with Gasteiger partial charge in [-0.05, 0) is 25.9 Å². The van der Waals surface area contributed by atoms with Gasteiger partial charge >= 0.3 is 0 Å². The summed E-state index contributed by atoms with van der Waals surface area (Å²) in [6, 6.07) is 0.102. The van der Waals surface area contributed by atoms with Crippen molar-refractivity contribution in [3.8, 4) is 0 Å². The third kappa shape index (κ3) is 6.07. The van der Waals surface area contributed by atoms with E-state index in [0.717, 1.165) is 25.9 Å². The molecule has 0 unspecified atom stereocenters. The van der Waals surface area contributed by atoms with E-state index in [1.807, 2.05) is 0 Å². The van der Waals surface area contributed by atoms with Crippen LogP contribution < -0.4 is 10.6 Å². The van der Waals surface area contributed by atoms with Gasteiger partial charge in [0.1, 0.15) is 5.75 Å². The Balaban J connectivity index is 0.00000324. The smallest absolute Gasteiger partial charge is 0.236 e. The maximum absolute atomic E-state index is 11.9. The van der Waals surface area contributed by atoms with Crippen molar-refractivity contribution < 1.29 is 13.2 Å². The molecule has 0 spiro atoms. The molecule has 1 heterocycles. The van der Waals surface area contributed by atoms with Crippen molar-refractivity contribution in [2.24, 2.45) is 0 Å². The van der Waals surface area contributed by atoms with Gasteiger partial charge in [0.15, 0.2) is 0 Å². The van der Waals surface area contributed by atoms with E-state index >= 15 is 0 Å². The number of carbonyl (C=O) groups excluding carboxylic acids is 1. The SMILES string of the molecule is CCN(CC)S(=O)(=O)CC(=O)NC1CCNCC1.Cl. The minimum atomic E-state index is -3.47. The summed E-state index contributed by atoms with van der Waals surface area (Å²) in [5.74, 6) is -0.840. The molecule has 1 aliphatic heterocycles. The Hall–Kier alpha value is -0.370. The summed E-state index contributed by atoms with van der Waals surface area (Å²) >= 11 is 0. The molecule has 114 valence electrons. The Kier molecular flexibility index (Phi) is 8.56. The number of rotatable bonds is 6. The van der Waals surface area contributed by atoms with Crippen LogP contribution in [-0.4, -0.2) is 56.6 Å². The second-order valence-electron chi connectivity index (χ2n) is 4.43. The van der Waals surface area contributed by atoms with Crippen LogP contribution >= 0.6 is 12.4 Å². The summed E-state index contributed by atoms with van der Waals surface area (Å²) < 4.78 is 25.1. The van der Waals surface area contributed by atoms with Crippen molar-refractivity contribution in [3.05, 3.63) is 0 Å². The molecule has 1 fully saturated rings. The average molecular weight is 314 g/mol. The van der Waals surface area contributed by atoms with Crippen LogP contribution in [-0.2, 0) is 14.8 Å². The van der Waals surface area contributed by atoms with Crippen molar-refractivity contribution in [2.75, 3.05) is 31.9 Å². The molecule has 0 bridgehead atoms. The summed E-state index contributed by atoms with van der Waals surface area (Å²) in [6.45, 7) is 6.08. The van der Waals surface area contributed by atoms with Gasteiger partial charge in [0.25, 0.3) is 0 Å². The maximum atomic E-state index is 11.9. The second-order valence-corrected chi connectivity index (χ2v) is 6.40. The van der Waals surface area contributed by atoms with Gasteiger partial charge in [-0.2, -0.15) is 0 Å². The van der Waals surface area contributed by atoms with E-state index in [1.54, 1.807) is 13.8 Å². The Bertz CT molecular complexity index is 365. The van der Waals surface area contributed by atoms with E-state index < -0.39 is 21.7 Å². The third-order valence-corrected chi connectivity index (χ3v) is 5.05. The molecule has 8 heteroatoms. The average Bonchev–Trinajstić information content (AvgIpc) is 2.30.